The van der Waals surface area contributed by atoms with Gasteiger partial charge in [0.05, 0.1) is 5.52 Å². The van der Waals surface area contributed by atoms with E-state index in [0.717, 1.165) is 28.0 Å². The topological polar surface area (TPSA) is 41.6 Å². The number of aromatic amines is 1. The van der Waals surface area contributed by atoms with E-state index in [2.05, 4.69) is 60.0 Å². The first-order valence-corrected chi connectivity index (χ1v) is 7.31. The van der Waals surface area contributed by atoms with Gasteiger partial charge in [-0.25, -0.2) is 4.98 Å². The summed E-state index contributed by atoms with van der Waals surface area (Å²) in [6.07, 6.45) is 1.81. The van der Waals surface area contributed by atoms with E-state index in [-0.39, 0.29) is 5.41 Å². The van der Waals surface area contributed by atoms with Crippen LogP contribution in [-0.4, -0.2) is 15.0 Å². The van der Waals surface area contributed by atoms with E-state index >= 15 is 0 Å². The molecule has 4 heteroatoms. The van der Waals surface area contributed by atoms with Gasteiger partial charge in [0, 0.05) is 28.3 Å². The third-order valence-corrected chi connectivity index (χ3v) is 3.58. The Balaban J connectivity index is 2.18. The highest BCUT2D eigenvalue weighted by Gasteiger charge is 2.17. The monoisotopic (exact) mass is 295 g/mol. The Labute approximate surface area is 129 Å². The van der Waals surface area contributed by atoms with Gasteiger partial charge in [0.1, 0.15) is 10.5 Å². The number of aromatic nitrogens is 3. The smallest absolute Gasteiger partial charge is 0.130 e. The van der Waals surface area contributed by atoms with Crippen LogP contribution >= 0.6 is 12.2 Å². The lowest BCUT2D eigenvalue weighted by atomic mass is 9.95. The Kier molecular flexibility index (Phi) is 3.33. The Morgan fingerprint density at radius 2 is 1.90 bits per heavy atom. The van der Waals surface area contributed by atoms with Crippen LogP contribution in [0.5, 0.6) is 0 Å². The molecule has 3 rings (SSSR count). The van der Waals surface area contributed by atoms with Crippen LogP contribution in [0.4, 0.5) is 0 Å². The van der Waals surface area contributed by atoms with E-state index in [1.54, 1.807) is 0 Å². The Morgan fingerprint density at radius 1 is 1.10 bits per heavy atom. The van der Waals surface area contributed by atoms with Gasteiger partial charge < -0.3 is 4.98 Å². The van der Waals surface area contributed by atoms with Crippen molar-refractivity contribution in [3.63, 3.8) is 0 Å². The predicted molar refractivity (Wildman–Crippen MR) is 88.9 cm³/mol. The summed E-state index contributed by atoms with van der Waals surface area (Å²) in [6.45, 7) is 6.35. The molecule has 1 N–H and O–H groups in total. The van der Waals surface area contributed by atoms with Crippen molar-refractivity contribution in [2.45, 2.75) is 26.2 Å². The van der Waals surface area contributed by atoms with Gasteiger partial charge in [0.2, 0.25) is 0 Å². The van der Waals surface area contributed by atoms with Gasteiger partial charge in [0.15, 0.2) is 0 Å². The summed E-state index contributed by atoms with van der Waals surface area (Å²) in [6, 6.07) is 12.1. The van der Waals surface area contributed by atoms with Crippen molar-refractivity contribution in [2.75, 3.05) is 0 Å². The van der Waals surface area contributed by atoms with E-state index in [0.29, 0.717) is 4.64 Å². The van der Waals surface area contributed by atoms with Gasteiger partial charge in [-0.05, 0) is 18.2 Å². The number of fused-ring (bicyclic) bond motifs is 1. The van der Waals surface area contributed by atoms with Crippen LogP contribution in [0.3, 0.4) is 0 Å². The molecule has 3 nitrogen and oxygen atoms in total. The minimum atomic E-state index is -0.0708. The van der Waals surface area contributed by atoms with Gasteiger partial charge in [0.25, 0.3) is 0 Å². The summed E-state index contributed by atoms with van der Waals surface area (Å²) >= 11 is 5.31. The Hall–Kier alpha value is -2.07. The third kappa shape index (κ3) is 2.85. The fourth-order valence-electron chi connectivity index (χ4n) is 2.20. The average Bonchev–Trinajstić information content (AvgIpc) is 2.45. The van der Waals surface area contributed by atoms with E-state index in [1.807, 2.05) is 18.3 Å². The second-order valence-corrected chi connectivity index (χ2v) is 6.56. The van der Waals surface area contributed by atoms with Crippen molar-refractivity contribution in [3.8, 4) is 11.3 Å². The maximum atomic E-state index is 5.31. The summed E-state index contributed by atoms with van der Waals surface area (Å²) in [4.78, 5) is 12.2. The molecule has 0 atom stereocenters. The minimum Gasteiger partial charge on any atom is -0.343 e. The molecule has 0 amide bonds. The highest BCUT2D eigenvalue weighted by Crippen LogP contribution is 2.25. The lowest BCUT2D eigenvalue weighted by Crippen LogP contribution is -2.16. The lowest BCUT2D eigenvalue weighted by Gasteiger charge is -2.18. The van der Waals surface area contributed by atoms with Gasteiger partial charge in [-0.1, -0.05) is 51.2 Å². The molecule has 1 aromatic carbocycles. The largest absolute Gasteiger partial charge is 0.343 e. The third-order valence-electron chi connectivity index (χ3n) is 3.37. The molecule has 2 aromatic heterocycles. The molecule has 0 spiro atoms. The maximum absolute atomic E-state index is 5.31. The van der Waals surface area contributed by atoms with Crippen molar-refractivity contribution in [1.82, 2.24) is 15.0 Å². The van der Waals surface area contributed by atoms with Crippen molar-refractivity contribution < 1.29 is 0 Å². The van der Waals surface area contributed by atoms with Crippen LogP contribution < -0.4 is 0 Å². The second-order valence-electron chi connectivity index (χ2n) is 6.14. The molecule has 0 radical (unpaired) electrons. The van der Waals surface area contributed by atoms with Crippen molar-refractivity contribution in [3.05, 3.63) is 53.1 Å². The van der Waals surface area contributed by atoms with Crippen LogP contribution in [0, 0.1) is 4.64 Å². The molecule has 0 saturated carbocycles. The number of hydrogen-bond donors (Lipinski definition) is 1. The summed E-state index contributed by atoms with van der Waals surface area (Å²) in [5.74, 6) is 0.895. The first-order chi connectivity index (χ1) is 9.93. The van der Waals surface area contributed by atoms with Gasteiger partial charge >= 0.3 is 0 Å². The zero-order valence-electron chi connectivity index (χ0n) is 12.3. The number of benzene rings is 1. The van der Waals surface area contributed by atoms with Gasteiger partial charge in [-0.3, -0.25) is 4.98 Å². The fraction of sp³-hybridized carbons (Fsp3) is 0.235. The SMILES string of the molecule is CC(C)(C)c1nc(=S)cc(-c2ccc3cccnc3c2)[nH]1. The van der Waals surface area contributed by atoms with Gasteiger partial charge in [-0.2, -0.15) is 0 Å². The van der Waals surface area contributed by atoms with Crippen LogP contribution in [0.25, 0.3) is 22.2 Å². The average molecular weight is 295 g/mol. The highest BCUT2D eigenvalue weighted by atomic mass is 32.1. The first-order valence-electron chi connectivity index (χ1n) is 6.90. The molecule has 0 unspecified atom stereocenters. The second kappa shape index (κ2) is 5.04. The molecule has 0 aliphatic carbocycles. The number of H-pyrrole nitrogens is 1. The molecule has 106 valence electrons. The van der Waals surface area contributed by atoms with Crippen LogP contribution in [0.2, 0.25) is 0 Å². The molecule has 0 aliphatic rings. The quantitative estimate of drug-likeness (QED) is 0.664. The fourth-order valence-corrected chi connectivity index (χ4v) is 2.41. The van der Waals surface area contributed by atoms with E-state index in [1.165, 1.54) is 0 Å². The van der Waals surface area contributed by atoms with E-state index in [4.69, 9.17) is 12.2 Å². The molecule has 0 fully saturated rings. The van der Waals surface area contributed by atoms with Crippen molar-refractivity contribution in [1.29, 1.82) is 0 Å². The summed E-state index contributed by atoms with van der Waals surface area (Å²) in [5.41, 5.74) is 2.95. The summed E-state index contributed by atoms with van der Waals surface area (Å²) in [5, 5.41) is 1.13. The van der Waals surface area contributed by atoms with Crippen LogP contribution in [0.15, 0.2) is 42.6 Å². The van der Waals surface area contributed by atoms with Crippen molar-refractivity contribution >= 4 is 23.1 Å². The molecule has 0 bridgehead atoms. The molecule has 2 heterocycles. The molecular weight excluding hydrogens is 278 g/mol. The minimum absolute atomic E-state index is 0.0708. The number of pyridine rings is 1. The highest BCUT2D eigenvalue weighted by molar-refractivity contribution is 7.71. The normalized spacial score (nSPS) is 11.8. The maximum Gasteiger partial charge on any atom is 0.130 e. The van der Waals surface area contributed by atoms with Crippen LogP contribution in [0.1, 0.15) is 26.6 Å². The zero-order chi connectivity index (χ0) is 15.0. The molecule has 21 heavy (non-hydrogen) atoms. The lowest BCUT2D eigenvalue weighted by molar-refractivity contribution is 0.545. The van der Waals surface area contributed by atoms with Crippen molar-refractivity contribution in [2.24, 2.45) is 0 Å². The number of nitrogens with zero attached hydrogens (tertiary/aromatic N) is 2. The number of hydrogen-bond acceptors (Lipinski definition) is 3. The van der Waals surface area contributed by atoms with E-state index in [9.17, 15) is 0 Å². The number of nitrogens with one attached hydrogen (secondary N) is 1. The summed E-state index contributed by atoms with van der Waals surface area (Å²) < 4.78 is 0.606. The Bertz CT molecular complexity index is 860. The molecule has 0 saturated heterocycles. The summed E-state index contributed by atoms with van der Waals surface area (Å²) in [7, 11) is 0. The predicted octanol–water partition coefficient (Wildman–Crippen LogP) is 4.65. The molecule has 0 aliphatic heterocycles. The molecular formula is C17H17N3S. The zero-order valence-corrected chi connectivity index (χ0v) is 13.2. The van der Waals surface area contributed by atoms with Gasteiger partial charge in [-0.15, -0.1) is 0 Å². The van der Waals surface area contributed by atoms with E-state index < -0.39 is 0 Å². The van der Waals surface area contributed by atoms with Crippen LogP contribution in [-0.2, 0) is 5.41 Å². The number of rotatable bonds is 1. The standard InChI is InChI=1S/C17H17N3S/c1-17(2,3)16-19-14(10-15(21)20-16)12-7-6-11-5-4-8-18-13(11)9-12/h4-10H,1-3H3,(H,19,20,21). The Morgan fingerprint density at radius 3 is 2.67 bits per heavy atom. The first kappa shape index (κ1) is 13.9. The molecule has 3 aromatic rings.